The highest BCUT2D eigenvalue weighted by molar-refractivity contribution is 7.99. The molecule has 0 bridgehead atoms. The fraction of sp³-hybridized carbons (Fsp3) is 0.407. The number of nitrogens with zero attached hydrogens (tertiary/aromatic N) is 4. The number of hydrogen-bond acceptors (Lipinski definition) is 9. The lowest BCUT2D eigenvalue weighted by molar-refractivity contribution is -0.120. The Morgan fingerprint density at radius 1 is 1.22 bits per heavy atom. The highest BCUT2D eigenvalue weighted by atomic mass is 32.2. The number of hydrogen-bond donors (Lipinski definition) is 2. The third-order valence-corrected chi connectivity index (χ3v) is 6.78. The third-order valence-electron chi connectivity index (χ3n) is 5.85. The van der Waals surface area contributed by atoms with Gasteiger partial charge in [-0.25, -0.2) is 9.97 Å². The molecule has 0 saturated carbocycles. The highest BCUT2D eigenvalue weighted by Crippen LogP contribution is 2.31. The minimum atomic E-state index is -0.657. The first-order chi connectivity index (χ1) is 17.9. The maximum absolute atomic E-state index is 13.6. The average Bonchev–Trinajstić information content (AvgIpc) is 3.41. The summed E-state index contributed by atoms with van der Waals surface area (Å²) in [4.78, 5) is 30.0. The number of rotatable bonds is 11. The van der Waals surface area contributed by atoms with E-state index in [1.807, 2.05) is 48.5 Å². The second-order valence-electron chi connectivity index (χ2n) is 9.33. The summed E-state index contributed by atoms with van der Waals surface area (Å²) in [5.74, 6) is 2.31. The summed E-state index contributed by atoms with van der Waals surface area (Å²) in [6.45, 7) is 5.14. The van der Waals surface area contributed by atoms with E-state index in [9.17, 15) is 4.79 Å². The number of carbonyl (C=O) groups excluding carboxylic acids is 1. The Labute approximate surface area is 222 Å². The van der Waals surface area contributed by atoms with E-state index >= 15 is 0 Å². The van der Waals surface area contributed by atoms with Gasteiger partial charge in [-0.15, -0.1) is 0 Å². The minimum absolute atomic E-state index is 0.0797. The lowest BCUT2D eigenvalue weighted by atomic mass is 10.0. The molecule has 0 radical (unpaired) electrons. The second-order valence-corrected chi connectivity index (χ2v) is 10.4. The summed E-state index contributed by atoms with van der Waals surface area (Å²) in [5.41, 5.74) is 6.35. The SMILES string of the molecule is COc1ccc(Sc2cc(Nc3ccccn3)nc(N(CC3CCCO3)C(=O)[C@@H](N)CC(C)C)n2)cc1. The number of nitrogens with two attached hydrogens (primary N) is 1. The zero-order chi connectivity index (χ0) is 26.2. The number of benzene rings is 1. The maximum Gasteiger partial charge on any atom is 0.246 e. The first-order valence-electron chi connectivity index (χ1n) is 12.5. The van der Waals surface area contributed by atoms with Gasteiger partial charge in [0, 0.05) is 23.8 Å². The van der Waals surface area contributed by atoms with E-state index in [0.29, 0.717) is 36.2 Å². The molecule has 1 fully saturated rings. The van der Waals surface area contributed by atoms with Crippen LogP contribution < -0.4 is 20.7 Å². The molecule has 2 aromatic heterocycles. The number of pyridine rings is 1. The summed E-state index contributed by atoms with van der Waals surface area (Å²) < 4.78 is 11.1. The maximum atomic E-state index is 13.6. The van der Waals surface area contributed by atoms with Crippen molar-refractivity contribution in [2.75, 3.05) is 30.5 Å². The van der Waals surface area contributed by atoms with Gasteiger partial charge < -0.3 is 20.5 Å². The molecule has 37 heavy (non-hydrogen) atoms. The molecule has 1 saturated heterocycles. The Morgan fingerprint density at radius 2 is 2.03 bits per heavy atom. The van der Waals surface area contributed by atoms with Crippen molar-refractivity contribution in [1.82, 2.24) is 15.0 Å². The smallest absolute Gasteiger partial charge is 0.246 e. The van der Waals surface area contributed by atoms with Crippen LogP contribution in [0.1, 0.15) is 33.1 Å². The fourth-order valence-corrected chi connectivity index (χ4v) is 4.86. The van der Waals surface area contributed by atoms with E-state index in [-0.39, 0.29) is 23.9 Å². The molecule has 1 amide bonds. The van der Waals surface area contributed by atoms with Crippen molar-refractivity contribution < 1.29 is 14.3 Å². The van der Waals surface area contributed by atoms with Gasteiger partial charge in [-0.1, -0.05) is 31.7 Å². The molecule has 0 spiro atoms. The van der Waals surface area contributed by atoms with Crippen LogP contribution in [0, 0.1) is 5.92 Å². The molecular formula is C27H34N6O3S. The summed E-state index contributed by atoms with van der Waals surface area (Å²) in [5, 5.41) is 3.92. The standard InChI is InChI=1S/C27H34N6O3S/c1-18(2)15-22(28)26(34)33(17-20-7-6-14-36-20)27-31-24(30-23-8-4-5-13-29-23)16-25(32-27)37-21-11-9-19(35-3)10-12-21/h4-5,8-13,16,18,20,22H,6-7,14-15,17,28H2,1-3H3,(H,29,30,31,32)/t20?,22-/m0/s1. The predicted molar refractivity (Wildman–Crippen MR) is 145 cm³/mol. The van der Waals surface area contributed by atoms with E-state index in [1.165, 1.54) is 11.8 Å². The van der Waals surface area contributed by atoms with Crippen molar-refractivity contribution in [3.8, 4) is 5.75 Å². The Hall–Kier alpha value is -3.21. The Balaban J connectivity index is 1.70. The molecule has 1 aliphatic rings. The van der Waals surface area contributed by atoms with Crippen molar-refractivity contribution >= 4 is 35.3 Å². The van der Waals surface area contributed by atoms with Crippen LogP contribution in [0.5, 0.6) is 5.75 Å². The predicted octanol–water partition coefficient (Wildman–Crippen LogP) is 4.66. The van der Waals surface area contributed by atoms with Gasteiger partial charge in [-0.05, 0) is 61.6 Å². The minimum Gasteiger partial charge on any atom is -0.497 e. The molecule has 1 unspecified atom stereocenters. The number of aromatic nitrogens is 3. The van der Waals surface area contributed by atoms with Crippen molar-refractivity contribution in [1.29, 1.82) is 0 Å². The summed E-state index contributed by atoms with van der Waals surface area (Å²) in [6, 6.07) is 14.5. The molecule has 3 aromatic rings. The molecular weight excluding hydrogens is 488 g/mol. The lowest BCUT2D eigenvalue weighted by Crippen LogP contribution is -2.48. The Kier molecular flexibility index (Phi) is 9.32. The highest BCUT2D eigenvalue weighted by Gasteiger charge is 2.30. The average molecular weight is 523 g/mol. The van der Waals surface area contributed by atoms with Crippen LogP contribution >= 0.6 is 11.8 Å². The molecule has 3 N–H and O–H groups in total. The van der Waals surface area contributed by atoms with Gasteiger partial charge in [0.15, 0.2) is 0 Å². The topological polar surface area (TPSA) is 115 Å². The number of anilines is 3. The monoisotopic (exact) mass is 522 g/mol. The zero-order valence-corrected chi connectivity index (χ0v) is 22.3. The largest absolute Gasteiger partial charge is 0.497 e. The molecule has 10 heteroatoms. The lowest BCUT2D eigenvalue weighted by Gasteiger charge is -2.27. The van der Waals surface area contributed by atoms with Gasteiger partial charge in [0.2, 0.25) is 11.9 Å². The van der Waals surface area contributed by atoms with Crippen LogP contribution in [0.4, 0.5) is 17.6 Å². The van der Waals surface area contributed by atoms with Crippen LogP contribution in [-0.4, -0.2) is 53.3 Å². The van der Waals surface area contributed by atoms with Gasteiger partial charge in [-0.3, -0.25) is 9.69 Å². The second kappa shape index (κ2) is 12.8. The van der Waals surface area contributed by atoms with Gasteiger partial charge in [-0.2, -0.15) is 4.98 Å². The quantitative estimate of drug-likeness (QED) is 0.347. The fourth-order valence-electron chi connectivity index (χ4n) is 4.05. The molecule has 9 nitrogen and oxygen atoms in total. The zero-order valence-electron chi connectivity index (χ0n) is 21.5. The first-order valence-corrected chi connectivity index (χ1v) is 13.3. The summed E-state index contributed by atoms with van der Waals surface area (Å²) >= 11 is 1.47. The third kappa shape index (κ3) is 7.64. The number of carbonyl (C=O) groups is 1. The van der Waals surface area contributed by atoms with E-state index < -0.39 is 6.04 Å². The summed E-state index contributed by atoms with van der Waals surface area (Å²) in [6.07, 6.45) is 4.04. The van der Waals surface area contributed by atoms with Gasteiger partial charge in [0.05, 0.1) is 25.8 Å². The van der Waals surface area contributed by atoms with Crippen LogP contribution in [0.2, 0.25) is 0 Å². The van der Waals surface area contributed by atoms with E-state index in [1.54, 1.807) is 18.2 Å². The van der Waals surface area contributed by atoms with E-state index in [2.05, 4.69) is 24.1 Å². The molecule has 3 heterocycles. The molecule has 1 aromatic carbocycles. The van der Waals surface area contributed by atoms with Gasteiger partial charge >= 0.3 is 0 Å². The molecule has 1 aliphatic heterocycles. The first kappa shape index (κ1) is 26.8. The van der Waals surface area contributed by atoms with Crippen molar-refractivity contribution in [3.63, 3.8) is 0 Å². The van der Waals surface area contributed by atoms with Gasteiger partial charge in [0.25, 0.3) is 0 Å². The molecule has 4 rings (SSSR count). The molecule has 196 valence electrons. The number of amides is 1. The van der Waals surface area contributed by atoms with Crippen LogP contribution in [0.15, 0.2) is 64.6 Å². The van der Waals surface area contributed by atoms with Crippen molar-refractivity contribution in [2.45, 2.75) is 55.2 Å². The van der Waals surface area contributed by atoms with Crippen LogP contribution in [0.3, 0.4) is 0 Å². The Morgan fingerprint density at radius 3 is 2.68 bits per heavy atom. The molecule has 2 atom stereocenters. The number of nitrogens with one attached hydrogen (secondary N) is 1. The van der Waals surface area contributed by atoms with Gasteiger partial charge in [0.1, 0.15) is 22.4 Å². The summed E-state index contributed by atoms with van der Waals surface area (Å²) in [7, 11) is 1.64. The van der Waals surface area contributed by atoms with Crippen LogP contribution in [-0.2, 0) is 9.53 Å². The Bertz CT molecular complexity index is 1160. The van der Waals surface area contributed by atoms with E-state index in [0.717, 1.165) is 23.5 Å². The van der Waals surface area contributed by atoms with Crippen LogP contribution in [0.25, 0.3) is 0 Å². The van der Waals surface area contributed by atoms with Crippen molar-refractivity contribution in [3.05, 3.63) is 54.7 Å². The normalized spacial score (nSPS) is 16.0. The number of ether oxygens (including phenoxy) is 2. The molecule has 0 aliphatic carbocycles. The van der Waals surface area contributed by atoms with E-state index in [4.69, 9.17) is 25.2 Å². The number of methoxy groups -OCH3 is 1. The van der Waals surface area contributed by atoms with Crippen molar-refractivity contribution in [2.24, 2.45) is 11.7 Å².